The van der Waals surface area contributed by atoms with Gasteiger partial charge in [-0.15, -0.1) is 0 Å². The summed E-state index contributed by atoms with van der Waals surface area (Å²) in [6.07, 6.45) is 1.69. The molecule has 0 bridgehead atoms. The average molecular weight is 426 g/mol. The van der Waals surface area contributed by atoms with Crippen molar-refractivity contribution in [3.63, 3.8) is 0 Å². The van der Waals surface area contributed by atoms with Gasteiger partial charge in [-0.1, -0.05) is 51.1 Å². The van der Waals surface area contributed by atoms with Crippen molar-refractivity contribution in [2.24, 2.45) is 0 Å². The minimum Gasteiger partial charge on any atom is -0.496 e. The van der Waals surface area contributed by atoms with E-state index in [1.54, 1.807) is 13.3 Å². The highest BCUT2D eigenvalue weighted by Gasteiger charge is 2.22. The zero-order valence-corrected chi connectivity index (χ0v) is 19.3. The number of hydrogen-bond acceptors (Lipinski definition) is 5. The van der Waals surface area contributed by atoms with Crippen LogP contribution in [0.3, 0.4) is 0 Å². The van der Waals surface area contributed by atoms with Gasteiger partial charge in [-0.05, 0) is 36.5 Å². The molecule has 0 spiro atoms. The molecule has 0 unspecified atom stereocenters. The lowest BCUT2D eigenvalue weighted by Crippen LogP contribution is -2.10. The van der Waals surface area contributed by atoms with Crippen molar-refractivity contribution in [1.29, 1.82) is 5.26 Å². The Morgan fingerprint density at radius 1 is 1.06 bits per heavy atom. The van der Waals surface area contributed by atoms with Gasteiger partial charge in [0, 0.05) is 17.3 Å². The fourth-order valence-electron chi connectivity index (χ4n) is 4.07. The summed E-state index contributed by atoms with van der Waals surface area (Å²) in [5.74, 6) is 1.67. The van der Waals surface area contributed by atoms with Gasteiger partial charge in [-0.2, -0.15) is 5.26 Å². The van der Waals surface area contributed by atoms with Crippen LogP contribution >= 0.6 is 0 Å². The molecule has 2 heterocycles. The number of anilines is 1. The molecule has 2 aromatic carbocycles. The smallest absolute Gasteiger partial charge is 0.161 e. The molecule has 4 aromatic rings. The largest absolute Gasteiger partial charge is 0.496 e. The highest BCUT2D eigenvalue weighted by Crippen LogP contribution is 2.36. The van der Waals surface area contributed by atoms with Crippen LogP contribution in [-0.2, 0) is 5.41 Å². The molecule has 2 N–H and O–H groups in total. The summed E-state index contributed by atoms with van der Waals surface area (Å²) < 4.78 is 7.37. The van der Waals surface area contributed by atoms with Crippen LogP contribution in [0.1, 0.15) is 43.0 Å². The number of nitrogen functional groups attached to an aromatic ring is 1. The lowest BCUT2D eigenvalue weighted by Gasteiger charge is -2.19. The number of benzene rings is 2. The van der Waals surface area contributed by atoms with Crippen molar-refractivity contribution >= 4 is 16.9 Å². The first-order valence-corrected chi connectivity index (χ1v) is 10.5. The fourth-order valence-corrected chi connectivity index (χ4v) is 4.07. The molecule has 0 saturated heterocycles. The van der Waals surface area contributed by atoms with Gasteiger partial charge in [0.15, 0.2) is 11.5 Å². The van der Waals surface area contributed by atoms with Crippen LogP contribution in [0.5, 0.6) is 5.75 Å². The Kier molecular flexibility index (Phi) is 5.14. The maximum absolute atomic E-state index is 9.79. The summed E-state index contributed by atoms with van der Waals surface area (Å²) in [6.45, 7) is 10.5. The summed E-state index contributed by atoms with van der Waals surface area (Å²) in [5.41, 5.74) is 12.5. The topological polar surface area (TPSA) is 89.8 Å². The van der Waals surface area contributed by atoms with Crippen molar-refractivity contribution in [2.45, 2.75) is 40.0 Å². The summed E-state index contributed by atoms with van der Waals surface area (Å²) in [5, 5.41) is 10.4. The number of nitriles is 1. The van der Waals surface area contributed by atoms with Gasteiger partial charge in [-0.25, -0.2) is 9.97 Å². The number of fused-ring (bicyclic) bond motifs is 1. The maximum Gasteiger partial charge on any atom is 0.161 e. The number of nitrogens with two attached hydrogens (primary N) is 1. The van der Waals surface area contributed by atoms with Crippen LogP contribution in [0, 0.1) is 25.2 Å². The van der Waals surface area contributed by atoms with Crippen LogP contribution in [-0.4, -0.2) is 21.6 Å². The van der Waals surface area contributed by atoms with Gasteiger partial charge in [0.05, 0.1) is 18.2 Å². The standard InChI is InChI=1S/C26H27N5O/c1-15-7-12-21(32-6)16(2)22(15)31-23(28)19(13-27)20-14-29-24(30-25(20)31)17-8-10-18(11-9-17)26(3,4)5/h7-12,14H,28H2,1-6H3. The normalized spacial score (nSPS) is 11.5. The molecule has 6 heteroatoms. The van der Waals surface area contributed by atoms with Gasteiger partial charge in [0.1, 0.15) is 23.2 Å². The summed E-state index contributed by atoms with van der Waals surface area (Å²) in [6, 6.07) is 14.4. The van der Waals surface area contributed by atoms with Crippen LogP contribution < -0.4 is 10.5 Å². The minimum atomic E-state index is 0.0651. The molecule has 0 aliphatic carbocycles. The van der Waals surface area contributed by atoms with Gasteiger partial charge in [0.25, 0.3) is 0 Å². The zero-order valence-electron chi connectivity index (χ0n) is 19.3. The Balaban J connectivity index is 1.98. The molecule has 0 radical (unpaired) electrons. The van der Waals surface area contributed by atoms with Crippen molar-refractivity contribution in [3.8, 4) is 28.9 Å². The van der Waals surface area contributed by atoms with E-state index in [-0.39, 0.29) is 5.41 Å². The number of aryl methyl sites for hydroxylation is 1. The lowest BCUT2D eigenvalue weighted by molar-refractivity contribution is 0.411. The van der Waals surface area contributed by atoms with E-state index in [2.05, 4.69) is 44.0 Å². The number of aromatic nitrogens is 3. The minimum absolute atomic E-state index is 0.0651. The third-order valence-electron chi connectivity index (χ3n) is 5.89. The second kappa shape index (κ2) is 7.69. The third-order valence-corrected chi connectivity index (χ3v) is 5.89. The number of rotatable bonds is 3. The second-order valence-corrected chi connectivity index (χ2v) is 9.02. The summed E-state index contributed by atoms with van der Waals surface area (Å²) >= 11 is 0. The number of nitrogens with zero attached hydrogens (tertiary/aromatic N) is 4. The predicted octanol–water partition coefficient (Wildman–Crippen LogP) is 5.46. The molecule has 32 heavy (non-hydrogen) atoms. The average Bonchev–Trinajstić information content (AvgIpc) is 3.04. The predicted molar refractivity (Wildman–Crippen MR) is 128 cm³/mol. The Hall–Kier alpha value is -3.85. The second-order valence-electron chi connectivity index (χ2n) is 9.02. The first-order chi connectivity index (χ1) is 15.2. The Bertz CT molecular complexity index is 1370. The van der Waals surface area contributed by atoms with Crippen LogP contribution in [0.4, 0.5) is 5.82 Å². The molecular weight excluding hydrogens is 398 g/mol. The Morgan fingerprint density at radius 3 is 2.34 bits per heavy atom. The molecule has 0 aliphatic rings. The van der Waals surface area contributed by atoms with E-state index >= 15 is 0 Å². The van der Waals surface area contributed by atoms with Gasteiger partial charge in [0.2, 0.25) is 0 Å². The van der Waals surface area contributed by atoms with Gasteiger partial charge < -0.3 is 10.5 Å². The first-order valence-electron chi connectivity index (χ1n) is 10.5. The molecule has 0 atom stereocenters. The van der Waals surface area contributed by atoms with Gasteiger partial charge in [-0.3, -0.25) is 4.57 Å². The van der Waals surface area contributed by atoms with Crippen LogP contribution in [0.25, 0.3) is 28.1 Å². The van der Waals surface area contributed by atoms with E-state index in [1.807, 2.05) is 42.7 Å². The highest BCUT2D eigenvalue weighted by molar-refractivity contribution is 5.92. The number of hydrogen-bond donors (Lipinski definition) is 1. The lowest BCUT2D eigenvalue weighted by atomic mass is 9.87. The Labute approximate surface area is 188 Å². The van der Waals surface area contributed by atoms with Crippen molar-refractivity contribution in [2.75, 3.05) is 12.8 Å². The monoisotopic (exact) mass is 425 g/mol. The van der Waals surface area contributed by atoms with Crippen molar-refractivity contribution in [1.82, 2.24) is 14.5 Å². The molecule has 0 aliphatic heterocycles. The molecule has 0 amide bonds. The van der Waals surface area contributed by atoms with Crippen LogP contribution in [0.2, 0.25) is 0 Å². The number of ether oxygens (including phenoxy) is 1. The van der Waals surface area contributed by atoms with Gasteiger partial charge >= 0.3 is 0 Å². The van der Waals surface area contributed by atoms with E-state index in [0.29, 0.717) is 28.2 Å². The molecule has 0 fully saturated rings. The molecule has 0 saturated carbocycles. The molecule has 6 nitrogen and oxygen atoms in total. The number of methoxy groups -OCH3 is 1. The summed E-state index contributed by atoms with van der Waals surface area (Å²) in [7, 11) is 1.64. The zero-order chi connectivity index (χ0) is 23.2. The molecule has 162 valence electrons. The van der Waals surface area contributed by atoms with Crippen LogP contribution in [0.15, 0.2) is 42.6 Å². The SMILES string of the molecule is COc1ccc(C)c(-n2c(N)c(C#N)c3cnc(-c4ccc(C(C)(C)C)cc4)nc32)c1C. The first kappa shape index (κ1) is 21.4. The maximum atomic E-state index is 9.79. The fraction of sp³-hybridized carbons (Fsp3) is 0.269. The quantitative estimate of drug-likeness (QED) is 0.470. The Morgan fingerprint density at radius 2 is 1.75 bits per heavy atom. The van der Waals surface area contributed by atoms with Crippen molar-refractivity contribution in [3.05, 3.63) is 64.8 Å². The van der Waals surface area contributed by atoms with E-state index in [4.69, 9.17) is 15.5 Å². The molecule has 2 aromatic heterocycles. The van der Waals surface area contributed by atoms with Crippen molar-refractivity contribution < 1.29 is 4.74 Å². The molecular formula is C26H27N5O. The van der Waals surface area contributed by atoms with E-state index in [9.17, 15) is 5.26 Å². The summed E-state index contributed by atoms with van der Waals surface area (Å²) in [4.78, 5) is 9.41. The van der Waals surface area contributed by atoms with E-state index in [1.165, 1.54) is 5.56 Å². The third kappa shape index (κ3) is 3.36. The van der Waals surface area contributed by atoms with E-state index in [0.717, 1.165) is 28.1 Å². The highest BCUT2D eigenvalue weighted by atomic mass is 16.5. The molecule has 4 rings (SSSR count). The van der Waals surface area contributed by atoms with E-state index < -0.39 is 0 Å².